The second-order valence-corrected chi connectivity index (χ2v) is 5.91. The molecule has 0 fully saturated rings. The Morgan fingerprint density at radius 2 is 1.68 bits per heavy atom. The molecule has 19 heavy (non-hydrogen) atoms. The third-order valence-electron chi connectivity index (χ3n) is 3.39. The molecule has 0 heterocycles. The summed E-state index contributed by atoms with van der Waals surface area (Å²) in [6.07, 6.45) is 0. The van der Waals surface area contributed by atoms with Crippen LogP contribution in [-0.4, -0.2) is 5.78 Å². The molecule has 0 aliphatic heterocycles. The highest BCUT2D eigenvalue weighted by molar-refractivity contribution is 6.31. The fourth-order valence-corrected chi connectivity index (χ4v) is 2.86. The van der Waals surface area contributed by atoms with Crippen molar-refractivity contribution < 1.29 is 4.79 Å². The van der Waals surface area contributed by atoms with Gasteiger partial charge in [-0.15, -0.1) is 0 Å². The van der Waals surface area contributed by atoms with Crippen LogP contribution >= 0.6 is 11.6 Å². The molecule has 1 rings (SSSR count). The first-order valence-electron chi connectivity index (χ1n) is 6.57. The fraction of sp³-hybridized carbons (Fsp3) is 0.500. The van der Waals surface area contributed by atoms with Crippen molar-refractivity contribution in [2.24, 2.45) is 17.8 Å². The Balaban J connectivity index is 3.15. The summed E-state index contributed by atoms with van der Waals surface area (Å²) in [4.78, 5) is 12.6. The van der Waals surface area contributed by atoms with Crippen molar-refractivity contribution >= 4 is 17.4 Å². The van der Waals surface area contributed by atoms with Gasteiger partial charge in [0.2, 0.25) is 0 Å². The molecule has 102 valence electrons. The van der Waals surface area contributed by atoms with Gasteiger partial charge < -0.3 is 0 Å². The molecule has 0 aromatic heterocycles. The quantitative estimate of drug-likeness (QED) is 0.798. The van der Waals surface area contributed by atoms with E-state index >= 15 is 0 Å². The van der Waals surface area contributed by atoms with Gasteiger partial charge in [0.25, 0.3) is 0 Å². The minimum absolute atomic E-state index is 0.0272. The zero-order chi connectivity index (χ0) is 14.6. The van der Waals surface area contributed by atoms with Gasteiger partial charge in [0.15, 0.2) is 5.78 Å². The topological polar surface area (TPSA) is 40.9 Å². The van der Waals surface area contributed by atoms with E-state index in [0.717, 1.165) is 0 Å². The zero-order valence-corrected chi connectivity index (χ0v) is 12.6. The molecular weight excluding hydrogens is 258 g/mol. The predicted molar refractivity (Wildman–Crippen MR) is 78.0 cm³/mol. The van der Waals surface area contributed by atoms with Crippen LogP contribution in [0.3, 0.4) is 0 Å². The minimum atomic E-state index is -0.775. The third-order valence-corrected chi connectivity index (χ3v) is 3.74. The lowest BCUT2D eigenvalue weighted by Crippen LogP contribution is -2.30. The molecule has 0 saturated carbocycles. The number of ketones is 1. The maximum absolute atomic E-state index is 12.6. The van der Waals surface area contributed by atoms with Crippen LogP contribution in [-0.2, 0) is 4.79 Å². The van der Waals surface area contributed by atoms with E-state index in [1.165, 1.54) is 0 Å². The van der Waals surface area contributed by atoms with Gasteiger partial charge in [0, 0.05) is 10.9 Å². The lowest BCUT2D eigenvalue weighted by molar-refractivity contribution is -0.126. The summed E-state index contributed by atoms with van der Waals surface area (Å²) in [5, 5.41) is 9.84. The van der Waals surface area contributed by atoms with Crippen molar-refractivity contribution in [3.63, 3.8) is 0 Å². The molecule has 0 radical (unpaired) electrons. The van der Waals surface area contributed by atoms with Gasteiger partial charge in [-0.25, -0.2) is 0 Å². The van der Waals surface area contributed by atoms with Crippen LogP contribution in [0.15, 0.2) is 24.3 Å². The number of Topliss-reactive ketones (excluding diaryl/α,β-unsaturated/α-hetero) is 1. The SMILES string of the molecule is CC(C)C(C(=O)C(C#N)c1ccccc1Cl)C(C)C. The highest BCUT2D eigenvalue weighted by Crippen LogP contribution is 2.32. The Morgan fingerprint density at radius 3 is 2.11 bits per heavy atom. The number of halogens is 1. The number of hydrogen-bond acceptors (Lipinski definition) is 2. The Hall–Kier alpha value is -1.33. The van der Waals surface area contributed by atoms with Crippen molar-refractivity contribution in [3.05, 3.63) is 34.9 Å². The summed E-state index contributed by atoms with van der Waals surface area (Å²) in [6, 6.07) is 9.19. The number of carbonyl (C=O) groups is 1. The Labute approximate surface area is 120 Å². The normalized spacial score (nSPS) is 12.8. The summed E-state index contributed by atoms with van der Waals surface area (Å²) in [5.41, 5.74) is 0.614. The molecule has 1 aromatic rings. The molecule has 0 saturated heterocycles. The molecular formula is C16H20ClNO. The first-order chi connectivity index (χ1) is 8.90. The minimum Gasteiger partial charge on any atom is -0.298 e. The average molecular weight is 278 g/mol. The van der Waals surface area contributed by atoms with E-state index in [9.17, 15) is 10.1 Å². The summed E-state index contributed by atoms with van der Waals surface area (Å²) in [7, 11) is 0. The largest absolute Gasteiger partial charge is 0.298 e. The molecule has 0 aliphatic rings. The van der Waals surface area contributed by atoms with E-state index in [-0.39, 0.29) is 23.5 Å². The summed E-state index contributed by atoms with van der Waals surface area (Å²) >= 11 is 6.10. The number of nitrogens with zero attached hydrogens (tertiary/aromatic N) is 1. The maximum atomic E-state index is 12.6. The summed E-state index contributed by atoms with van der Waals surface area (Å²) in [5.74, 6) is -0.498. The van der Waals surface area contributed by atoms with Gasteiger partial charge in [-0.3, -0.25) is 4.79 Å². The molecule has 3 heteroatoms. The fourth-order valence-electron chi connectivity index (χ4n) is 2.61. The molecule has 1 atom stereocenters. The van der Waals surface area contributed by atoms with Crippen LogP contribution < -0.4 is 0 Å². The van der Waals surface area contributed by atoms with Gasteiger partial charge in [-0.1, -0.05) is 57.5 Å². The van der Waals surface area contributed by atoms with E-state index in [0.29, 0.717) is 10.6 Å². The van der Waals surface area contributed by atoms with E-state index < -0.39 is 5.92 Å². The van der Waals surface area contributed by atoms with E-state index in [1.54, 1.807) is 24.3 Å². The highest BCUT2D eigenvalue weighted by atomic mass is 35.5. The summed E-state index contributed by atoms with van der Waals surface area (Å²) in [6.45, 7) is 8.07. The molecule has 0 amide bonds. The standard InChI is InChI=1S/C16H20ClNO/c1-10(2)15(11(3)4)16(19)13(9-18)12-7-5-6-8-14(12)17/h5-8,10-11,13,15H,1-4H3. The molecule has 1 aromatic carbocycles. The number of carbonyl (C=O) groups excluding carboxylic acids is 1. The molecule has 1 unspecified atom stereocenters. The van der Waals surface area contributed by atoms with Gasteiger partial charge in [-0.05, 0) is 23.5 Å². The van der Waals surface area contributed by atoms with Gasteiger partial charge in [-0.2, -0.15) is 5.26 Å². The number of hydrogen-bond donors (Lipinski definition) is 0. The number of benzene rings is 1. The third kappa shape index (κ3) is 3.58. The average Bonchev–Trinajstić information content (AvgIpc) is 2.31. The highest BCUT2D eigenvalue weighted by Gasteiger charge is 2.33. The molecule has 2 nitrogen and oxygen atoms in total. The first-order valence-corrected chi connectivity index (χ1v) is 6.95. The molecule has 0 aliphatic carbocycles. The number of nitriles is 1. The monoisotopic (exact) mass is 277 g/mol. The van der Waals surface area contributed by atoms with Crippen LogP contribution in [0.25, 0.3) is 0 Å². The molecule has 0 N–H and O–H groups in total. The second kappa shape index (κ2) is 6.73. The van der Waals surface area contributed by atoms with Crippen molar-refractivity contribution in [1.29, 1.82) is 5.26 Å². The Kier molecular flexibility index (Phi) is 5.57. The maximum Gasteiger partial charge on any atom is 0.158 e. The molecule has 0 bridgehead atoms. The van der Waals surface area contributed by atoms with Gasteiger partial charge in [0.1, 0.15) is 5.92 Å². The van der Waals surface area contributed by atoms with Crippen LogP contribution in [0.2, 0.25) is 5.02 Å². The van der Waals surface area contributed by atoms with E-state index in [1.807, 2.05) is 27.7 Å². The Morgan fingerprint density at radius 1 is 1.16 bits per heavy atom. The van der Waals surface area contributed by atoms with Crippen LogP contribution in [0, 0.1) is 29.1 Å². The van der Waals surface area contributed by atoms with E-state index in [2.05, 4.69) is 6.07 Å². The van der Waals surface area contributed by atoms with Crippen LogP contribution in [0.1, 0.15) is 39.2 Å². The van der Waals surface area contributed by atoms with Gasteiger partial charge >= 0.3 is 0 Å². The number of rotatable bonds is 5. The van der Waals surface area contributed by atoms with Crippen LogP contribution in [0.5, 0.6) is 0 Å². The van der Waals surface area contributed by atoms with E-state index in [4.69, 9.17) is 11.6 Å². The van der Waals surface area contributed by atoms with Crippen molar-refractivity contribution in [2.75, 3.05) is 0 Å². The lowest BCUT2D eigenvalue weighted by atomic mass is 9.76. The lowest BCUT2D eigenvalue weighted by Gasteiger charge is -2.25. The smallest absolute Gasteiger partial charge is 0.158 e. The predicted octanol–water partition coefficient (Wildman–Crippen LogP) is 4.44. The second-order valence-electron chi connectivity index (χ2n) is 5.50. The van der Waals surface area contributed by atoms with Crippen molar-refractivity contribution in [2.45, 2.75) is 33.6 Å². The van der Waals surface area contributed by atoms with Crippen LogP contribution in [0.4, 0.5) is 0 Å². The first kappa shape index (κ1) is 15.7. The molecule has 0 spiro atoms. The van der Waals surface area contributed by atoms with Crippen molar-refractivity contribution in [3.8, 4) is 6.07 Å². The summed E-state index contributed by atoms with van der Waals surface area (Å²) < 4.78 is 0. The van der Waals surface area contributed by atoms with Crippen molar-refractivity contribution in [1.82, 2.24) is 0 Å². The Bertz CT molecular complexity index is 480. The zero-order valence-electron chi connectivity index (χ0n) is 11.9. The van der Waals surface area contributed by atoms with Gasteiger partial charge in [0.05, 0.1) is 6.07 Å².